The quantitative estimate of drug-likeness (QED) is 0.368. The minimum Gasteiger partial charge on any atom is -0.467 e. The summed E-state index contributed by atoms with van der Waals surface area (Å²) in [5.41, 5.74) is -0.591. The molecule has 5 heteroatoms. The summed E-state index contributed by atoms with van der Waals surface area (Å²) in [4.78, 5) is 23.5. The average molecular weight is 327 g/mol. The van der Waals surface area contributed by atoms with Crippen LogP contribution in [0.25, 0.3) is 0 Å². The van der Waals surface area contributed by atoms with E-state index in [1.54, 1.807) is 20.8 Å². The number of nitrogens with one attached hydrogen (secondary N) is 1. The molecule has 1 N–H and O–H groups in total. The van der Waals surface area contributed by atoms with E-state index in [1.807, 2.05) is 0 Å². The summed E-state index contributed by atoms with van der Waals surface area (Å²) < 4.78 is 9.91. The molecule has 0 unspecified atom stereocenters. The summed E-state index contributed by atoms with van der Waals surface area (Å²) in [5.74, 6) is -0.442. The third-order valence-electron chi connectivity index (χ3n) is 3.18. The molecule has 0 saturated heterocycles. The van der Waals surface area contributed by atoms with E-state index in [4.69, 9.17) is 9.47 Å². The van der Waals surface area contributed by atoms with Gasteiger partial charge in [0.1, 0.15) is 11.6 Å². The van der Waals surface area contributed by atoms with Crippen molar-refractivity contribution in [1.29, 1.82) is 0 Å². The van der Waals surface area contributed by atoms with Crippen LogP contribution >= 0.6 is 0 Å². The van der Waals surface area contributed by atoms with Crippen LogP contribution in [0.3, 0.4) is 0 Å². The van der Waals surface area contributed by atoms with E-state index in [-0.39, 0.29) is 0 Å². The second kappa shape index (κ2) is 12.0. The van der Waals surface area contributed by atoms with Gasteiger partial charge in [-0.2, -0.15) is 0 Å². The van der Waals surface area contributed by atoms with Crippen molar-refractivity contribution in [1.82, 2.24) is 5.32 Å². The zero-order chi connectivity index (χ0) is 17.7. The molecule has 0 aliphatic carbocycles. The van der Waals surface area contributed by atoms with Gasteiger partial charge >= 0.3 is 12.1 Å². The number of alkyl carbamates (subject to hydrolysis) is 1. The van der Waals surface area contributed by atoms with E-state index >= 15 is 0 Å². The zero-order valence-corrected chi connectivity index (χ0v) is 15.3. The third kappa shape index (κ3) is 12.7. The molecule has 0 heterocycles. The minimum atomic E-state index is -0.664. The first-order chi connectivity index (χ1) is 10.8. The lowest BCUT2D eigenvalue weighted by Gasteiger charge is -2.22. The van der Waals surface area contributed by atoms with E-state index in [0.29, 0.717) is 6.42 Å². The number of hydrogen-bond acceptors (Lipinski definition) is 4. The topological polar surface area (TPSA) is 64.6 Å². The smallest absolute Gasteiger partial charge is 0.408 e. The first-order valence-corrected chi connectivity index (χ1v) is 8.52. The van der Waals surface area contributed by atoms with Gasteiger partial charge in [-0.1, -0.05) is 31.9 Å². The van der Waals surface area contributed by atoms with Gasteiger partial charge in [0.05, 0.1) is 7.11 Å². The van der Waals surface area contributed by atoms with Crippen LogP contribution in [-0.2, 0) is 14.3 Å². The maximum Gasteiger partial charge on any atom is 0.408 e. The Balaban J connectivity index is 4.16. The van der Waals surface area contributed by atoms with Crippen LogP contribution in [0.15, 0.2) is 12.2 Å². The van der Waals surface area contributed by atoms with Gasteiger partial charge in [-0.25, -0.2) is 9.59 Å². The predicted molar refractivity (Wildman–Crippen MR) is 92.3 cm³/mol. The van der Waals surface area contributed by atoms with Gasteiger partial charge in [0, 0.05) is 0 Å². The van der Waals surface area contributed by atoms with Crippen LogP contribution in [0.4, 0.5) is 4.79 Å². The van der Waals surface area contributed by atoms with Crippen molar-refractivity contribution in [2.75, 3.05) is 7.11 Å². The first-order valence-electron chi connectivity index (χ1n) is 8.52. The molecule has 23 heavy (non-hydrogen) atoms. The summed E-state index contributed by atoms with van der Waals surface area (Å²) >= 11 is 0. The summed E-state index contributed by atoms with van der Waals surface area (Å²) in [6.45, 7) is 7.53. The van der Waals surface area contributed by atoms with E-state index in [1.165, 1.54) is 26.4 Å². The fourth-order valence-corrected chi connectivity index (χ4v) is 2.03. The Morgan fingerprint density at radius 1 is 1.09 bits per heavy atom. The van der Waals surface area contributed by atoms with Crippen molar-refractivity contribution in [2.24, 2.45) is 0 Å². The predicted octanol–water partition coefficient (Wildman–Crippen LogP) is 4.36. The highest BCUT2D eigenvalue weighted by atomic mass is 16.6. The van der Waals surface area contributed by atoms with Crippen LogP contribution < -0.4 is 5.32 Å². The Labute approximate surface area is 140 Å². The van der Waals surface area contributed by atoms with E-state index in [2.05, 4.69) is 24.4 Å². The Bertz CT molecular complexity index is 372. The normalized spacial score (nSPS) is 12.9. The van der Waals surface area contributed by atoms with Crippen LogP contribution in [0.2, 0.25) is 0 Å². The molecule has 1 amide bonds. The largest absolute Gasteiger partial charge is 0.467 e. The van der Waals surface area contributed by atoms with Gasteiger partial charge in [-0.15, -0.1) is 0 Å². The van der Waals surface area contributed by atoms with Crippen molar-refractivity contribution in [2.45, 2.75) is 84.3 Å². The standard InChI is InChI=1S/C18H33NO4/c1-6-7-8-9-10-11-12-13-14-15(16(20)22-5)19-17(21)23-18(2,3)4/h10-11,15H,6-9,12-14H2,1-5H3,(H,19,21)/b11-10+/t15-/m1/s1. The molecular formula is C18H33NO4. The summed E-state index contributed by atoms with van der Waals surface area (Å²) in [7, 11) is 1.32. The number of unbranched alkanes of at least 4 members (excludes halogenated alkanes) is 4. The van der Waals surface area contributed by atoms with Crippen LogP contribution in [0, 0.1) is 0 Å². The number of methoxy groups -OCH3 is 1. The van der Waals surface area contributed by atoms with Crippen LogP contribution in [0.1, 0.15) is 72.6 Å². The molecule has 0 aromatic carbocycles. The van der Waals surface area contributed by atoms with Crippen LogP contribution in [0.5, 0.6) is 0 Å². The molecule has 0 spiro atoms. The third-order valence-corrected chi connectivity index (χ3v) is 3.18. The maximum absolute atomic E-state index is 11.8. The number of carbonyl (C=O) groups excluding carboxylic acids is 2. The van der Waals surface area contributed by atoms with E-state index in [9.17, 15) is 9.59 Å². The lowest BCUT2D eigenvalue weighted by atomic mass is 10.1. The molecule has 0 fully saturated rings. The van der Waals surface area contributed by atoms with Crippen molar-refractivity contribution < 1.29 is 19.1 Å². The molecule has 0 aliphatic rings. The second-order valence-corrected chi connectivity index (χ2v) is 6.62. The van der Waals surface area contributed by atoms with E-state index < -0.39 is 23.7 Å². The van der Waals surface area contributed by atoms with Gasteiger partial charge in [0.15, 0.2) is 0 Å². The fraction of sp³-hybridized carbons (Fsp3) is 0.778. The molecule has 0 aromatic heterocycles. The second-order valence-electron chi connectivity index (χ2n) is 6.62. The lowest BCUT2D eigenvalue weighted by molar-refractivity contribution is -0.143. The molecule has 0 aliphatic heterocycles. The van der Waals surface area contributed by atoms with E-state index in [0.717, 1.165) is 19.3 Å². The highest BCUT2D eigenvalue weighted by molar-refractivity contribution is 5.81. The number of carbonyl (C=O) groups is 2. The number of ether oxygens (including phenoxy) is 2. The van der Waals surface area contributed by atoms with Crippen molar-refractivity contribution in [3.05, 3.63) is 12.2 Å². The lowest BCUT2D eigenvalue weighted by Crippen LogP contribution is -2.44. The Morgan fingerprint density at radius 3 is 2.22 bits per heavy atom. The Kier molecular flexibility index (Phi) is 11.2. The summed E-state index contributed by atoms with van der Waals surface area (Å²) in [6.07, 6.45) is 10.8. The molecule has 0 bridgehead atoms. The fourth-order valence-electron chi connectivity index (χ4n) is 2.03. The van der Waals surface area contributed by atoms with Gasteiger partial charge < -0.3 is 14.8 Å². The average Bonchev–Trinajstić information content (AvgIpc) is 2.46. The molecule has 134 valence electrons. The molecule has 0 rings (SSSR count). The number of esters is 1. The molecule has 1 atom stereocenters. The minimum absolute atomic E-state index is 0.442. The number of amides is 1. The number of allylic oxidation sites excluding steroid dienone is 2. The van der Waals surface area contributed by atoms with Gasteiger partial charge in [-0.05, 0) is 52.9 Å². The first kappa shape index (κ1) is 21.5. The molecular weight excluding hydrogens is 294 g/mol. The van der Waals surface area contributed by atoms with Crippen LogP contribution in [-0.4, -0.2) is 30.8 Å². The van der Waals surface area contributed by atoms with Crippen molar-refractivity contribution in [3.63, 3.8) is 0 Å². The van der Waals surface area contributed by atoms with Crippen molar-refractivity contribution >= 4 is 12.1 Å². The Hall–Kier alpha value is -1.52. The highest BCUT2D eigenvalue weighted by Crippen LogP contribution is 2.09. The summed E-state index contributed by atoms with van der Waals surface area (Å²) in [5, 5.41) is 2.58. The van der Waals surface area contributed by atoms with Gasteiger partial charge in [0.25, 0.3) is 0 Å². The van der Waals surface area contributed by atoms with Gasteiger partial charge in [-0.3, -0.25) is 0 Å². The summed E-state index contributed by atoms with van der Waals surface area (Å²) in [6, 6.07) is -0.664. The van der Waals surface area contributed by atoms with Crippen molar-refractivity contribution in [3.8, 4) is 0 Å². The Morgan fingerprint density at radius 2 is 1.70 bits per heavy atom. The molecule has 0 saturated carbocycles. The molecule has 0 radical (unpaired) electrons. The maximum atomic E-state index is 11.8. The monoisotopic (exact) mass is 327 g/mol. The zero-order valence-electron chi connectivity index (χ0n) is 15.3. The molecule has 5 nitrogen and oxygen atoms in total. The van der Waals surface area contributed by atoms with Gasteiger partial charge in [0.2, 0.25) is 0 Å². The highest BCUT2D eigenvalue weighted by Gasteiger charge is 2.24. The number of rotatable bonds is 10. The molecule has 0 aromatic rings. The number of hydrogen-bond donors (Lipinski definition) is 1. The SMILES string of the molecule is CCCCC/C=C/CCC[C@@H](NC(=O)OC(C)(C)C)C(=O)OC.